The molecular formula is C16H21ClF3N5O. The largest absolute Gasteiger partial charge is 0.435 e. The summed E-state index contributed by atoms with van der Waals surface area (Å²) in [6.07, 6.45) is -4.00. The van der Waals surface area contributed by atoms with E-state index in [9.17, 15) is 18.0 Å². The number of carbonyl (C=O) groups excluding carboxylic acids is 1. The highest BCUT2D eigenvalue weighted by Gasteiger charge is 2.34. The van der Waals surface area contributed by atoms with E-state index in [-0.39, 0.29) is 12.5 Å². The maximum Gasteiger partial charge on any atom is 0.435 e. The number of rotatable bonds is 6. The molecule has 2 aromatic heterocycles. The number of hydrogen-bond donors (Lipinski definition) is 1. The van der Waals surface area contributed by atoms with E-state index in [0.29, 0.717) is 35.1 Å². The second kappa shape index (κ2) is 7.69. The van der Waals surface area contributed by atoms with Gasteiger partial charge in [0.1, 0.15) is 6.04 Å². The van der Waals surface area contributed by atoms with Gasteiger partial charge in [-0.25, -0.2) is 0 Å². The van der Waals surface area contributed by atoms with Crippen LogP contribution in [0, 0.1) is 20.8 Å². The number of carbonyl (C=O) groups is 1. The van der Waals surface area contributed by atoms with Crippen molar-refractivity contribution in [2.24, 2.45) is 0 Å². The molecule has 10 heteroatoms. The molecule has 0 saturated heterocycles. The van der Waals surface area contributed by atoms with E-state index < -0.39 is 17.9 Å². The molecule has 2 heterocycles. The van der Waals surface area contributed by atoms with Gasteiger partial charge in [-0.2, -0.15) is 23.4 Å². The van der Waals surface area contributed by atoms with E-state index in [1.807, 2.05) is 0 Å². The average Bonchev–Trinajstić information content (AvgIpc) is 3.06. The maximum atomic E-state index is 12.6. The van der Waals surface area contributed by atoms with Crippen molar-refractivity contribution < 1.29 is 18.0 Å². The summed E-state index contributed by atoms with van der Waals surface area (Å²) in [5, 5.41) is 11.1. The summed E-state index contributed by atoms with van der Waals surface area (Å²) in [7, 11) is 0. The molecule has 0 aliphatic rings. The van der Waals surface area contributed by atoms with Gasteiger partial charge in [0.2, 0.25) is 5.91 Å². The Hall–Kier alpha value is -2.03. The van der Waals surface area contributed by atoms with Crippen molar-refractivity contribution in [1.82, 2.24) is 24.9 Å². The zero-order valence-corrected chi connectivity index (χ0v) is 15.7. The molecule has 1 unspecified atom stereocenters. The molecule has 0 fully saturated rings. The second-order valence-corrected chi connectivity index (χ2v) is 6.52. The van der Waals surface area contributed by atoms with E-state index in [1.54, 1.807) is 32.4 Å². The van der Waals surface area contributed by atoms with Crippen LogP contribution in [0.4, 0.5) is 13.2 Å². The van der Waals surface area contributed by atoms with Crippen molar-refractivity contribution in [3.8, 4) is 0 Å². The summed E-state index contributed by atoms with van der Waals surface area (Å²) in [5.41, 5.74) is 0.875. The lowest BCUT2D eigenvalue weighted by atomic mass is 10.3. The van der Waals surface area contributed by atoms with Gasteiger partial charge in [-0.3, -0.25) is 14.2 Å². The minimum absolute atomic E-state index is 0.236. The molecule has 6 nitrogen and oxygen atoms in total. The van der Waals surface area contributed by atoms with Crippen LogP contribution in [0.25, 0.3) is 0 Å². The van der Waals surface area contributed by atoms with Crippen LogP contribution < -0.4 is 5.32 Å². The third-order valence-electron chi connectivity index (χ3n) is 4.10. The van der Waals surface area contributed by atoms with Gasteiger partial charge in [0, 0.05) is 18.8 Å². The van der Waals surface area contributed by atoms with E-state index >= 15 is 0 Å². The molecule has 0 aliphatic carbocycles. The Labute approximate surface area is 154 Å². The number of aryl methyl sites for hydroxylation is 3. The first-order valence-electron chi connectivity index (χ1n) is 8.13. The summed E-state index contributed by atoms with van der Waals surface area (Å²) >= 11 is 6.09. The Morgan fingerprint density at radius 1 is 1.31 bits per heavy atom. The smallest absolute Gasteiger partial charge is 0.354 e. The molecule has 2 rings (SSSR count). The summed E-state index contributed by atoms with van der Waals surface area (Å²) in [5.74, 6) is -0.236. The number of halogens is 4. The Kier molecular flexibility index (Phi) is 6.00. The molecule has 1 N–H and O–H groups in total. The summed E-state index contributed by atoms with van der Waals surface area (Å²) < 4.78 is 40.8. The topological polar surface area (TPSA) is 64.7 Å². The van der Waals surface area contributed by atoms with Crippen LogP contribution >= 0.6 is 11.6 Å². The predicted octanol–water partition coefficient (Wildman–Crippen LogP) is 3.44. The van der Waals surface area contributed by atoms with Gasteiger partial charge < -0.3 is 5.32 Å². The second-order valence-electron chi connectivity index (χ2n) is 6.14. The Bertz CT molecular complexity index is 797. The Morgan fingerprint density at radius 3 is 2.46 bits per heavy atom. The molecule has 0 bridgehead atoms. The lowest BCUT2D eigenvalue weighted by Crippen LogP contribution is -2.33. The summed E-state index contributed by atoms with van der Waals surface area (Å²) in [4.78, 5) is 12.2. The normalized spacial score (nSPS) is 13.1. The zero-order chi connectivity index (χ0) is 19.6. The highest BCUT2D eigenvalue weighted by atomic mass is 35.5. The van der Waals surface area contributed by atoms with Gasteiger partial charge in [0.15, 0.2) is 5.69 Å². The van der Waals surface area contributed by atoms with Crippen LogP contribution in [0.3, 0.4) is 0 Å². The number of nitrogens with one attached hydrogen (secondary N) is 1. The third-order valence-corrected chi connectivity index (χ3v) is 4.65. The van der Waals surface area contributed by atoms with Gasteiger partial charge >= 0.3 is 6.18 Å². The summed E-state index contributed by atoms with van der Waals surface area (Å²) in [6, 6.07) is 0.470. The highest BCUT2D eigenvalue weighted by Crippen LogP contribution is 2.28. The van der Waals surface area contributed by atoms with Crippen LogP contribution in [0.15, 0.2) is 6.07 Å². The molecule has 2 aromatic rings. The van der Waals surface area contributed by atoms with E-state index in [1.165, 1.54) is 4.68 Å². The van der Waals surface area contributed by atoms with Gasteiger partial charge in [-0.1, -0.05) is 11.6 Å². The average molecular weight is 392 g/mol. The number of amides is 1. The van der Waals surface area contributed by atoms with E-state index in [2.05, 4.69) is 15.5 Å². The number of nitrogens with zero attached hydrogens (tertiary/aromatic N) is 4. The maximum absolute atomic E-state index is 12.6. The molecule has 144 valence electrons. The van der Waals surface area contributed by atoms with Gasteiger partial charge in [0.05, 0.1) is 16.4 Å². The van der Waals surface area contributed by atoms with E-state index in [4.69, 9.17) is 11.6 Å². The van der Waals surface area contributed by atoms with Crippen LogP contribution in [0.1, 0.15) is 42.2 Å². The molecule has 26 heavy (non-hydrogen) atoms. The number of aromatic nitrogens is 4. The first-order chi connectivity index (χ1) is 12.0. The van der Waals surface area contributed by atoms with Crippen molar-refractivity contribution in [3.05, 3.63) is 33.9 Å². The van der Waals surface area contributed by atoms with Gasteiger partial charge in [0.25, 0.3) is 0 Å². The molecule has 0 aliphatic heterocycles. The van der Waals surface area contributed by atoms with Crippen molar-refractivity contribution in [2.75, 3.05) is 6.54 Å². The predicted molar refractivity (Wildman–Crippen MR) is 91.0 cm³/mol. The van der Waals surface area contributed by atoms with Crippen molar-refractivity contribution in [2.45, 2.75) is 52.9 Å². The van der Waals surface area contributed by atoms with E-state index in [0.717, 1.165) is 6.07 Å². The standard InChI is InChI=1S/C16H21ClF3N5O/c1-9-8-13(16(18,19)20)23-24(9)7-5-6-21-15(26)12(4)25-11(3)14(17)10(2)22-25/h8,12H,5-7H2,1-4H3,(H,21,26). The molecule has 0 saturated carbocycles. The minimum Gasteiger partial charge on any atom is -0.354 e. The summed E-state index contributed by atoms with van der Waals surface area (Å²) in [6.45, 7) is 7.41. The first kappa shape index (κ1) is 20.3. The Balaban J connectivity index is 1.87. The zero-order valence-electron chi connectivity index (χ0n) is 15.0. The molecular weight excluding hydrogens is 371 g/mol. The van der Waals surface area contributed by atoms with Crippen molar-refractivity contribution >= 4 is 17.5 Å². The van der Waals surface area contributed by atoms with Gasteiger partial charge in [-0.05, 0) is 40.2 Å². The highest BCUT2D eigenvalue weighted by molar-refractivity contribution is 6.31. The minimum atomic E-state index is -4.46. The van der Waals surface area contributed by atoms with Crippen molar-refractivity contribution in [1.29, 1.82) is 0 Å². The number of alkyl halides is 3. The fourth-order valence-electron chi connectivity index (χ4n) is 2.59. The van der Waals surface area contributed by atoms with Crippen LogP contribution in [0.2, 0.25) is 5.02 Å². The quantitative estimate of drug-likeness (QED) is 0.767. The molecule has 1 atom stereocenters. The molecule has 0 aromatic carbocycles. The SMILES string of the molecule is Cc1nn(C(C)C(=O)NCCCn2nc(C(F)(F)F)cc2C)c(C)c1Cl. The third kappa shape index (κ3) is 4.38. The first-order valence-corrected chi connectivity index (χ1v) is 8.50. The monoisotopic (exact) mass is 391 g/mol. The lowest BCUT2D eigenvalue weighted by molar-refractivity contribution is -0.141. The Morgan fingerprint density at radius 2 is 1.96 bits per heavy atom. The fraction of sp³-hybridized carbons (Fsp3) is 0.562. The van der Waals surface area contributed by atoms with Gasteiger partial charge in [-0.15, -0.1) is 0 Å². The van der Waals surface area contributed by atoms with Crippen LogP contribution in [-0.4, -0.2) is 32.0 Å². The molecule has 0 radical (unpaired) electrons. The van der Waals surface area contributed by atoms with Crippen LogP contribution in [0.5, 0.6) is 0 Å². The van der Waals surface area contributed by atoms with Crippen LogP contribution in [-0.2, 0) is 17.5 Å². The lowest BCUT2D eigenvalue weighted by Gasteiger charge is -2.14. The molecule has 1 amide bonds. The molecule has 0 spiro atoms. The number of hydrogen-bond acceptors (Lipinski definition) is 3. The fourth-order valence-corrected chi connectivity index (χ4v) is 2.72. The van der Waals surface area contributed by atoms with Crippen molar-refractivity contribution in [3.63, 3.8) is 0 Å².